The lowest BCUT2D eigenvalue weighted by molar-refractivity contribution is -0.156. The minimum absolute atomic E-state index is 0.000530. The fraction of sp³-hybridized carbons (Fsp3) is 0.545. The summed E-state index contributed by atoms with van der Waals surface area (Å²) in [5, 5.41) is 6.37. The van der Waals surface area contributed by atoms with Gasteiger partial charge in [0.2, 0.25) is 5.91 Å². The molecule has 1 aromatic carbocycles. The third kappa shape index (κ3) is 8.48. The summed E-state index contributed by atoms with van der Waals surface area (Å²) in [4.78, 5) is 69.3. The van der Waals surface area contributed by atoms with Crippen LogP contribution in [0.15, 0.2) is 41.9 Å². The van der Waals surface area contributed by atoms with E-state index in [0.717, 1.165) is 51.1 Å². The topological polar surface area (TPSA) is 151 Å². The maximum atomic E-state index is 14.7. The van der Waals surface area contributed by atoms with Gasteiger partial charge in [-0.15, -0.1) is 11.3 Å². The van der Waals surface area contributed by atoms with Gasteiger partial charge < -0.3 is 29.2 Å². The van der Waals surface area contributed by atoms with E-state index in [-0.39, 0.29) is 31.1 Å². The number of fused-ring (bicyclic) bond motifs is 6. The number of hydrogen-bond donors (Lipinski definition) is 2. The Labute approximate surface area is 359 Å². The molecule has 4 amide bonds. The van der Waals surface area contributed by atoms with E-state index in [2.05, 4.69) is 70.6 Å². The predicted octanol–water partition coefficient (Wildman–Crippen LogP) is 5.48. The number of thiazole rings is 1. The Hall–Kier alpha value is -4.64. The lowest BCUT2D eigenvalue weighted by atomic mass is 9.84. The smallest absolute Gasteiger partial charge is 0.324 e. The van der Waals surface area contributed by atoms with Crippen molar-refractivity contribution in [2.75, 3.05) is 40.4 Å². The van der Waals surface area contributed by atoms with Crippen molar-refractivity contribution in [3.05, 3.63) is 58.2 Å². The Kier molecular flexibility index (Phi) is 12.6. The van der Waals surface area contributed by atoms with Crippen LogP contribution in [-0.2, 0) is 43.2 Å². The van der Waals surface area contributed by atoms with Crippen LogP contribution < -0.4 is 10.7 Å². The van der Waals surface area contributed by atoms with Crippen LogP contribution in [-0.4, -0.2) is 121 Å². The molecule has 0 aliphatic carbocycles. The molecule has 0 unspecified atom stereocenters. The molecule has 16 heteroatoms. The summed E-state index contributed by atoms with van der Waals surface area (Å²) in [5.74, 6) is -1.68. The van der Waals surface area contributed by atoms with E-state index >= 15 is 0 Å². The van der Waals surface area contributed by atoms with Crippen molar-refractivity contribution in [2.45, 2.75) is 104 Å². The number of amides is 4. The summed E-state index contributed by atoms with van der Waals surface area (Å²) in [6.07, 6.45) is 4.06. The fourth-order valence-corrected chi connectivity index (χ4v) is 10.1. The first-order valence-corrected chi connectivity index (χ1v) is 22.3. The van der Waals surface area contributed by atoms with E-state index in [1.165, 1.54) is 21.2 Å². The summed E-state index contributed by atoms with van der Waals surface area (Å²) < 4.78 is 14.2. The first-order valence-electron chi connectivity index (χ1n) is 21.0. The number of likely N-dealkylation sites (N-methyl/N-ethyl adjacent to an activating group) is 1. The SMILES string of the molecule is CCn1c(-c2cccnc2[C@H](C)OC)c2c3cc(ccc31)-c1csc(n1)C[C@@]([Si])(NC(=O)[C@H](C(C)C)N(C)C(=O)N1CCC1)C(=O)N1CCC[C@H](N1)C(=O)OCC(C)(C)C2. The van der Waals surface area contributed by atoms with Crippen LogP contribution in [0.25, 0.3) is 33.4 Å². The van der Waals surface area contributed by atoms with Gasteiger partial charge in [0, 0.05) is 85.8 Å². The van der Waals surface area contributed by atoms with Crippen molar-refractivity contribution >= 4 is 56.3 Å². The minimum Gasteiger partial charge on any atom is -0.464 e. The van der Waals surface area contributed by atoms with E-state index in [1.54, 1.807) is 25.3 Å². The van der Waals surface area contributed by atoms with Gasteiger partial charge in [0.15, 0.2) is 0 Å². The highest BCUT2D eigenvalue weighted by Crippen LogP contribution is 2.42. The second-order valence-corrected chi connectivity index (χ2v) is 19.3. The molecule has 6 heterocycles. The largest absolute Gasteiger partial charge is 0.464 e. The van der Waals surface area contributed by atoms with Crippen molar-refractivity contribution in [3.8, 4) is 22.5 Å². The first-order chi connectivity index (χ1) is 28.6. The number of pyridine rings is 1. The number of nitrogens with one attached hydrogen (secondary N) is 2. The Balaban J connectivity index is 1.33. The fourth-order valence-electron chi connectivity index (χ4n) is 8.67. The number of nitrogens with zero attached hydrogens (tertiary/aromatic N) is 6. The molecule has 2 N–H and O–H groups in total. The molecule has 7 rings (SSSR count). The summed E-state index contributed by atoms with van der Waals surface area (Å²) in [5.41, 5.74) is 9.30. The molecule has 4 aromatic rings. The average Bonchev–Trinajstić information content (AvgIpc) is 3.79. The van der Waals surface area contributed by atoms with Crippen LogP contribution in [0.2, 0.25) is 0 Å². The molecule has 4 atom stereocenters. The van der Waals surface area contributed by atoms with Crippen molar-refractivity contribution < 1.29 is 28.7 Å². The average molecular weight is 854 g/mol. The number of ether oxygens (including phenoxy) is 2. The van der Waals surface area contributed by atoms with Gasteiger partial charge in [0.05, 0.1) is 45.0 Å². The quantitative estimate of drug-likeness (QED) is 0.174. The van der Waals surface area contributed by atoms with Crippen LogP contribution in [0.1, 0.15) is 83.2 Å². The van der Waals surface area contributed by atoms with Crippen LogP contribution >= 0.6 is 11.3 Å². The van der Waals surface area contributed by atoms with Crippen molar-refractivity contribution in [2.24, 2.45) is 11.3 Å². The van der Waals surface area contributed by atoms with Gasteiger partial charge in [0.25, 0.3) is 5.91 Å². The second kappa shape index (κ2) is 17.4. The highest BCUT2D eigenvalue weighted by Gasteiger charge is 2.45. The number of methoxy groups -OCH3 is 1. The molecule has 2 saturated heterocycles. The van der Waals surface area contributed by atoms with Crippen LogP contribution in [0.3, 0.4) is 0 Å². The minimum atomic E-state index is -1.68. The van der Waals surface area contributed by atoms with Crippen LogP contribution in [0.4, 0.5) is 4.79 Å². The summed E-state index contributed by atoms with van der Waals surface area (Å²) in [7, 11) is 7.11. The van der Waals surface area contributed by atoms with E-state index in [1.807, 2.05) is 32.2 Å². The van der Waals surface area contributed by atoms with Gasteiger partial charge in [-0.2, -0.15) is 0 Å². The summed E-state index contributed by atoms with van der Waals surface area (Å²) >= 11 is 1.40. The Morgan fingerprint density at radius 3 is 2.58 bits per heavy atom. The van der Waals surface area contributed by atoms with Crippen LogP contribution in [0, 0.1) is 11.3 Å². The van der Waals surface area contributed by atoms with Gasteiger partial charge in [-0.3, -0.25) is 24.4 Å². The normalized spacial score (nSPS) is 21.9. The summed E-state index contributed by atoms with van der Waals surface area (Å²) in [6.45, 7) is 14.5. The van der Waals surface area contributed by atoms with E-state index < -0.39 is 40.4 Å². The zero-order chi connectivity index (χ0) is 43.1. The molecular formula is C44H57N8O6SSi. The van der Waals surface area contributed by atoms with Crippen molar-refractivity contribution in [1.82, 2.24) is 40.1 Å². The number of rotatable bonds is 8. The van der Waals surface area contributed by atoms with Crippen molar-refractivity contribution in [3.63, 3.8) is 0 Å². The molecule has 3 aliphatic heterocycles. The van der Waals surface area contributed by atoms with Gasteiger partial charge in [-0.25, -0.2) is 15.2 Å². The maximum absolute atomic E-state index is 14.7. The number of aromatic nitrogens is 3. The number of hydrazine groups is 1. The number of urea groups is 1. The number of carbonyl (C=O) groups excluding carboxylic acids is 4. The molecule has 0 spiro atoms. The van der Waals surface area contributed by atoms with Gasteiger partial charge in [-0.1, -0.05) is 33.8 Å². The molecule has 60 heavy (non-hydrogen) atoms. The van der Waals surface area contributed by atoms with Crippen LogP contribution in [0.5, 0.6) is 0 Å². The Morgan fingerprint density at radius 1 is 1.13 bits per heavy atom. The standard InChI is InChI=1S/C44H57N8O6SSi/c1-9-51-34-16-15-28-21-30(34)31(38(51)29-13-10-17-45-36(29)27(4)57-8)22-43(5,6)25-58-40(54)32-14-11-20-52(48-32)41(55)44(60,23-35-46-33(28)24-59-35)47-39(53)37(26(2)3)49(7)42(56)50-18-12-19-50/h10,13,15-17,21,24,26-27,32,37,48H,9,11-12,14,18-20,22-23,25H2,1-8H3,(H,47,53)/t27-,32-,37-,44-/m0/s1. The number of likely N-dealkylation sites (tertiary alicyclic amines) is 1. The highest BCUT2D eigenvalue weighted by molar-refractivity contribution is 7.10. The monoisotopic (exact) mass is 853 g/mol. The van der Waals surface area contributed by atoms with E-state index in [9.17, 15) is 19.2 Å². The molecule has 3 aromatic heterocycles. The maximum Gasteiger partial charge on any atom is 0.324 e. The molecule has 2 fully saturated rings. The van der Waals surface area contributed by atoms with E-state index in [0.29, 0.717) is 50.4 Å². The predicted molar refractivity (Wildman–Crippen MR) is 232 cm³/mol. The first kappa shape index (κ1) is 43.4. The number of hydrogen-bond acceptors (Lipinski definition) is 10. The third-order valence-electron chi connectivity index (χ3n) is 12.0. The Morgan fingerprint density at radius 2 is 1.90 bits per heavy atom. The number of esters is 1. The zero-order valence-corrected chi connectivity index (χ0v) is 37.8. The van der Waals surface area contributed by atoms with Crippen molar-refractivity contribution in [1.29, 1.82) is 0 Å². The lowest BCUT2D eigenvalue weighted by Gasteiger charge is -2.42. The van der Waals surface area contributed by atoms with Gasteiger partial charge in [-0.05, 0) is 75.3 Å². The second-order valence-electron chi connectivity index (χ2n) is 17.5. The highest BCUT2D eigenvalue weighted by atomic mass is 32.1. The van der Waals surface area contributed by atoms with E-state index in [4.69, 9.17) is 19.4 Å². The molecule has 3 radical (unpaired) electrons. The number of aryl methyl sites for hydroxylation is 1. The van der Waals surface area contributed by atoms with Gasteiger partial charge >= 0.3 is 12.0 Å². The lowest BCUT2D eigenvalue weighted by Crippen LogP contribution is -2.69. The van der Waals surface area contributed by atoms with Gasteiger partial charge in [0.1, 0.15) is 17.2 Å². The third-order valence-corrected chi connectivity index (χ3v) is 13.4. The molecule has 319 valence electrons. The molecule has 0 saturated carbocycles. The molecule has 14 nitrogen and oxygen atoms in total. The molecule has 3 aliphatic rings. The Bertz CT molecular complexity index is 2270. The summed E-state index contributed by atoms with van der Waals surface area (Å²) in [6, 6.07) is 8.54. The number of cyclic esters (lactones) is 1. The number of carbonyl (C=O) groups is 4. The zero-order valence-electron chi connectivity index (χ0n) is 36.0. The molecular weight excluding hydrogens is 797 g/mol. The molecule has 6 bridgehead atoms. The number of benzene rings is 1.